The Kier molecular flexibility index (Phi) is 5.67. The van der Waals surface area contributed by atoms with Crippen LogP contribution in [0.4, 0.5) is 5.69 Å². The van der Waals surface area contributed by atoms with E-state index in [9.17, 15) is 9.59 Å². The van der Waals surface area contributed by atoms with Crippen molar-refractivity contribution >= 4 is 29.3 Å². The molecule has 0 saturated carbocycles. The number of fused-ring (bicyclic) bond motifs is 2. The van der Waals surface area contributed by atoms with Crippen LogP contribution in [0.1, 0.15) is 31.4 Å². The summed E-state index contributed by atoms with van der Waals surface area (Å²) in [7, 11) is 0. The second-order valence-electron chi connectivity index (χ2n) is 7.21. The van der Waals surface area contributed by atoms with Crippen LogP contribution in [0.15, 0.2) is 41.3 Å². The Morgan fingerprint density at radius 1 is 1.34 bits per heavy atom. The van der Waals surface area contributed by atoms with Crippen molar-refractivity contribution in [3.63, 3.8) is 0 Å². The molecule has 7 heteroatoms. The molecule has 0 aliphatic carbocycles. The van der Waals surface area contributed by atoms with E-state index in [0.29, 0.717) is 13.2 Å². The second kappa shape index (κ2) is 8.37. The van der Waals surface area contributed by atoms with Gasteiger partial charge in [0.05, 0.1) is 17.5 Å². The third kappa shape index (κ3) is 4.34. The number of amides is 2. The number of carbonyl (C=O) groups excluding carboxylic acids is 2. The van der Waals surface area contributed by atoms with Gasteiger partial charge in [-0.3, -0.25) is 9.59 Å². The van der Waals surface area contributed by atoms with E-state index in [4.69, 9.17) is 9.47 Å². The molecule has 2 aromatic carbocycles. The molecule has 0 unspecified atom stereocenters. The van der Waals surface area contributed by atoms with Crippen molar-refractivity contribution in [2.24, 2.45) is 0 Å². The molecule has 0 spiro atoms. The largest absolute Gasteiger partial charge is 0.494 e. The highest BCUT2D eigenvalue weighted by Gasteiger charge is 2.29. The number of carbonyl (C=O) groups is 2. The normalized spacial score (nSPS) is 19.6. The van der Waals surface area contributed by atoms with Crippen LogP contribution in [0.5, 0.6) is 11.5 Å². The third-order valence-corrected chi connectivity index (χ3v) is 6.21. The Morgan fingerprint density at radius 2 is 2.17 bits per heavy atom. The fourth-order valence-corrected chi connectivity index (χ4v) is 4.68. The van der Waals surface area contributed by atoms with Gasteiger partial charge in [-0.1, -0.05) is 12.1 Å². The maximum atomic E-state index is 12.5. The summed E-state index contributed by atoms with van der Waals surface area (Å²) in [5, 5.41) is 5.35. The van der Waals surface area contributed by atoms with Crippen LogP contribution in [-0.2, 0) is 22.6 Å². The zero-order chi connectivity index (χ0) is 20.4. The summed E-state index contributed by atoms with van der Waals surface area (Å²) in [5.41, 5.74) is 2.80. The van der Waals surface area contributed by atoms with Crippen molar-refractivity contribution in [1.82, 2.24) is 5.32 Å². The van der Waals surface area contributed by atoms with Gasteiger partial charge in [-0.2, -0.15) is 0 Å². The molecule has 29 heavy (non-hydrogen) atoms. The van der Waals surface area contributed by atoms with Gasteiger partial charge in [0.1, 0.15) is 17.6 Å². The van der Waals surface area contributed by atoms with E-state index in [1.54, 1.807) is 0 Å². The Balaban J connectivity index is 1.40. The highest BCUT2D eigenvalue weighted by Crippen LogP contribution is 2.37. The maximum Gasteiger partial charge on any atom is 0.238 e. The van der Waals surface area contributed by atoms with Crippen LogP contribution in [-0.4, -0.2) is 29.8 Å². The molecule has 0 radical (unpaired) electrons. The van der Waals surface area contributed by atoms with Crippen LogP contribution in [0.3, 0.4) is 0 Å². The van der Waals surface area contributed by atoms with Gasteiger partial charge in [-0.15, -0.1) is 11.8 Å². The maximum absolute atomic E-state index is 12.5. The minimum absolute atomic E-state index is 0.118. The standard InChI is InChI=1S/C22H24N2O4S/c1-3-27-17-9-14-8-13(2)28-18(14)10-15(17)12-23-21(25)11-20-22(26)24-16-6-4-5-7-19(16)29-20/h4-7,9-10,13,20H,3,8,11-12H2,1-2H3,(H,23,25)(H,24,26)/t13-,20-/m0/s1. The van der Waals surface area contributed by atoms with Gasteiger partial charge in [-0.05, 0) is 38.1 Å². The van der Waals surface area contributed by atoms with Crippen molar-refractivity contribution < 1.29 is 19.1 Å². The molecule has 0 aromatic heterocycles. The zero-order valence-electron chi connectivity index (χ0n) is 16.5. The van der Waals surface area contributed by atoms with Gasteiger partial charge in [-0.25, -0.2) is 0 Å². The van der Waals surface area contributed by atoms with Gasteiger partial charge < -0.3 is 20.1 Å². The van der Waals surface area contributed by atoms with Crippen molar-refractivity contribution in [2.75, 3.05) is 11.9 Å². The number of para-hydroxylation sites is 1. The predicted octanol–water partition coefficient (Wildman–Crippen LogP) is 3.53. The molecule has 0 fully saturated rings. The van der Waals surface area contributed by atoms with Crippen molar-refractivity contribution in [3.8, 4) is 11.5 Å². The Hall–Kier alpha value is -2.67. The molecular formula is C22H24N2O4S. The van der Waals surface area contributed by atoms with Gasteiger partial charge in [0.2, 0.25) is 11.8 Å². The summed E-state index contributed by atoms with van der Waals surface area (Å²) < 4.78 is 11.6. The molecule has 0 bridgehead atoms. The number of hydrogen-bond acceptors (Lipinski definition) is 5. The lowest BCUT2D eigenvalue weighted by molar-refractivity contribution is -0.124. The molecule has 2 atom stereocenters. The second-order valence-corrected chi connectivity index (χ2v) is 8.45. The first-order valence-corrected chi connectivity index (χ1v) is 10.7. The average molecular weight is 413 g/mol. The lowest BCUT2D eigenvalue weighted by Gasteiger charge is -2.23. The molecule has 152 valence electrons. The van der Waals surface area contributed by atoms with Crippen LogP contribution in [0, 0.1) is 0 Å². The van der Waals surface area contributed by atoms with Gasteiger partial charge in [0, 0.05) is 35.4 Å². The van der Waals surface area contributed by atoms with E-state index in [0.717, 1.165) is 39.6 Å². The number of benzene rings is 2. The first-order valence-electron chi connectivity index (χ1n) is 9.82. The fraction of sp³-hybridized carbons (Fsp3) is 0.364. The topological polar surface area (TPSA) is 76.7 Å². The van der Waals surface area contributed by atoms with Gasteiger partial charge in [0.15, 0.2) is 0 Å². The Bertz CT molecular complexity index is 946. The molecule has 0 saturated heterocycles. The summed E-state index contributed by atoms with van der Waals surface area (Å²) in [6.07, 6.45) is 1.12. The molecule has 2 aliphatic rings. The number of rotatable bonds is 6. The molecular weight excluding hydrogens is 388 g/mol. The van der Waals surface area contributed by atoms with E-state index in [1.807, 2.05) is 50.2 Å². The van der Waals surface area contributed by atoms with Crippen LogP contribution >= 0.6 is 11.8 Å². The summed E-state index contributed by atoms with van der Waals surface area (Å²) in [6, 6.07) is 11.6. The third-order valence-electron chi connectivity index (χ3n) is 4.93. The number of anilines is 1. The number of thioether (sulfide) groups is 1. The fourth-order valence-electron chi connectivity index (χ4n) is 3.57. The first kappa shape index (κ1) is 19.6. The zero-order valence-corrected chi connectivity index (χ0v) is 17.3. The van der Waals surface area contributed by atoms with Crippen LogP contribution < -0.4 is 20.1 Å². The highest BCUT2D eigenvalue weighted by molar-refractivity contribution is 8.01. The lowest BCUT2D eigenvalue weighted by atomic mass is 10.1. The molecule has 6 nitrogen and oxygen atoms in total. The number of ether oxygens (including phenoxy) is 2. The summed E-state index contributed by atoms with van der Waals surface area (Å²) in [5.74, 6) is 1.31. The number of nitrogens with one attached hydrogen (secondary N) is 2. The highest BCUT2D eigenvalue weighted by atomic mass is 32.2. The minimum atomic E-state index is -0.444. The van der Waals surface area contributed by atoms with Crippen LogP contribution in [0.25, 0.3) is 0 Å². The lowest BCUT2D eigenvalue weighted by Crippen LogP contribution is -2.34. The monoisotopic (exact) mass is 412 g/mol. The Labute approximate surface area is 174 Å². The molecule has 4 rings (SSSR count). The van der Waals surface area contributed by atoms with Crippen molar-refractivity contribution in [1.29, 1.82) is 0 Å². The number of hydrogen-bond donors (Lipinski definition) is 2. The molecule has 2 heterocycles. The van der Waals surface area contributed by atoms with Crippen molar-refractivity contribution in [3.05, 3.63) is 47.5 Å². The predicted molar refractivity (Wildman–Crippen MR) is 113 cm³/mol. The van der Waals surface area contributed by atoms with Crippen LogP contribution in [0.2, 0.25) is 0 Å². The van der Waals surface area contributed by atoms with E-state index in [-0.39, 0.29) is 24.3 Å². The average Bonchev–Trinajstić information content (AvgIpc) is 3.06. The summed E-state index contributed by atoms with van der Waals surface area (Å²) in [4.78, 5) is 25.8. The van der Waals surface area contributed by atoms with E-state index < -0.39 is 5.25 Å². The quantitative estimate of drug-likeness (QED) is 0.759. The minimum Gasteiger partial charge on any atom is -0.494 e. The van der Waals surface area contributed by atoms with E-state index in [2.05, 4.69) is 10.6 Å². The first-order chi connectivity index (χ1) is 14.0. The molecule has 2 N–H and O–H groups in total. The van der Waals surface area contributed by atoms with E-state index in [1.165, 1.54) is 11.8 Å². The molecule has 2 aliphatic heterocycles. The molecule has 2 amide bonds. The molecule has 2 aromatic rings. The SMILES string of the molecule is CCOc1cc2c(cc1CNC(=O)C[C@@H]1Sc3ccccc3NC1=O)O[C@@H](C)C2. The smallest absolute Gasteiger partial charge is 0.238 e. The summed E-state index contributed by atoms with van der Waals surface area (Å²) >= 11 is 1.43. The summed E-state index contributed by atoms with van der Waals surface area (Å²) in [6.45, 7) is 4.85. The van der Waals surface area contributed by atoms with Gasteiger partial charge in [0.25, 0.3) is 0 Å². The van der Waals surface area contributed by atoms with Crippen molar-refractivity contribution in [2.45, 2.75) is 49.5 Å². The Morgan fingerprint density at radius 3 is 3.00 bits per heavy atom. The van der Waals surface area contributed by atoms with E-state index >= 15 is 0 Å². The van der Waals surface area contributed by atoms with Gasteiger partial charge >= 0.3 is 0 Å².